The van der Waals surface area contributed by atoms with E-state index < -0.39 is 0 Å². The molecule has 0 aliphatic rings. The van der Waals surface area contributed by atoms with Crippen LogP contribution >= 0.6 is 15.9 Å². The molecule has 0 aromatic heterocycles. The molecule has 0 aliphatic heterocycles. The fourth-order valence-electron chi connectivity index (χ4n) is 1.50. The summed E-state index contributed by atoms with van der Waals surface area (Å²) < 4.78 is 1.07. The number of aldehydes is 1. The Balaban J connectivity index is 2.03. The highest BCUT2D eigenvalue weighted by molar-refractivity contribution is 9.10. The molecule has 0 heterocycles. The van der Waals surface area contributed by atoms with Gasteiger partial charge in [-0.25, -0.2) is 0 Å². The van der Waals surface area contributed by atoms with Crippen molar-refractivity contribution in [1.82, 2.24) is 0 Å². The molecule has 2 heteroatoms. The van der Waals surface area contributed by atoms with Gasteiger partial charge < -0.3 is 0 Å². The van der Waals surface area contributed by atoms with Gasteiger partial charge in [0.15, 0.2) is 0 Å². The monoisotopic (exact) mass is 298 g/mol. The number of hydrogen-bond acceptors (Lipinski definition) is 1. The van der Waals surface area contributed by atoms with E-state index in [-0.39, 0.29) is 0 Å². The number of halogens is 1. The van der Waals surface area contributed by atoms with Crippen molar-refractivity contribution in [3.05, 3.63) is 69.7 Å². The summed E-state index contributed by atoms with van der Waals surface area (Å²) in [7, 11) is 0. The Bertz CT molecular complexity index is 586. The smallest absolute Gasteiger partial charge is 0.150 e. The molecule has 0 saturated carbocycles. The maximum atomic E-state index is 10.5. The number of benzene rings is 2. The molecule has 0 atom stereocenters. The third-order valence-electron chi connectivity index (χ3n) is 2.49. The van der Waals surface area contributed by atoms with Crippen molar-refractivity contribution in [1.29, 1.82) is 0 Å². The van der Waals surface area contributed by atoms with E-state index in [0.717, 1.165) is 22.7 Å². The zero-order valence-electron chi connectivity index (χ0n) is 9.69. The number of carbonyl (C=O) groups excluding carboxylic acids is 1. The van der Waals surface area contributed by atoms with Crippen LogP contribution in [-0.2, 0) is 6.42 Å². The first kappa shape index (κ1) is 12.6. The minimum Gasteiger partial charge on any atom is -0.298 e. The third-order valence-corrected chi connectivity index (χ3v) is 3.01. The fraction of sp³-hybridized carbons (Fsp3) is 0.0625. The molecule has 0 saturated heterocycles. The van der Waals surface area contributed by atoms with Crippen molar-refractivity contribution >= 4 is 22.2 Å². The zero-order chi connectivity index (χ0) is 12.8. The van der Waals surface area contributed by atoms with Crippen LogP contribution in [-0.4, -0.2) is 6.29 Å². The topological polar surface area (TPSA) is 17.1 Å². The van der Waals surface area contributed by atoms with Crippen LogP contribution in [0.3, 0.4) is 0 Å². The summed E-state index contributed by atoms with van der Waals surface area (Å²) in [6.07, 6.45) is 1.56. The van der Waals surface area contributed by atoms with Crippen LogP contribution < -0.4 is 0 Å². The molecule has 18 heavy (non-hydrogen) atoms. The highest BCUT2D eigenvalue weighted by Gasteiger charge is 1.91. The van der Waals surface area contributed by atoms with Crippen LogP contribution in [0.2, 0.25) is 0 Å². The second kappa shape index (κ2) is 6.18. The number of hydrogen-bond donors (Lipinski definition) is 0. The molecular weight excluding hydrogens is 288 g/mol. The van der Waals surface area contributed by atoms with Crippen molar-refractivity contribution in [2.75, 3.05) is 0 Å². The fourth-order valence-corrected chi connectivity index (χ4v) is 1.76. The zero-order valence-corrected chi connectivity index (χ0v) is 11.3. The van der Waals surface area contributed by atoms with Gasteiger partial charge in [0, 0.05) is 22.0 Å². The average molecular weight is 299 g/mol. The van der Waals surface area contributed by atoms with Gasteiger partial charge in [-0.2, -0.15) is 0 Å². The van der Waals surface area contributed by atoms with Crippen molar-refractivity contribution in [3.63, 3.8) is 0 Å². The Labute approximate surface area is 115 Å². The number of carbonyl (C=O) groups is 1. The van der Waals surface area contributed by atoms with Gasteiger partial charge in [-0.1, -0.05) is 52.0 Å². The summed E-state index contributed by atoms with van der Waals surface area (Å²) in [5, 5.41) is 0. The second-order valence-corrected chi connectivity index (χ2v) is 4.76. The Hall–Kier alpha value is -1.85. The predicted molar refractivity (Wildman–Crippen MR) is 76.6 cm³/mol. The molecule has 0 spiro atoms. The lowest BCUT2D eigenvalue weighted by Gasteiger charge is -1.94. The summed E-state index contributed by atoms with van der Waals surface area (Å²) in [4.78, 5) is 10.5. The van der Waals surface area contributed by atoms with E-state index in [1.807, 2.05) is 36.4 Å². The summed E-state index contributed by atoms with van der Waals surface area (Å²) >= 11 is 3.40. The SMILES string of the molecule is O=Cc1ccc(C#CCc2ccc(Br)cc2)cc1. The van der Waals surface area contributed by atoms with E-state index in [2.05, 4.69) is 27.8 Å². The van der Waals surface area contributed by atoms with Gasteiger partial charge in [-0.15, -0.1) is 0 Å². The Morgan fingerprint density at radius 2 is 1.67 bits per heavy atom. The molecule has 1 nitrogen and oxygen atoms in total. The molecule has 0 radical (unpaired) electrons. The van der Waals surface area contributed by atoms with Gasteiger partial charge in [0.1, 0.15) is 6.29 Å². The predicted octanol–water partition coefficient (Wildman–Crippen LogP) is 3.86. The van der Waals surface area contributed by atoms with Crippen molar-refractivity contribution in [3.8, 4) is 11.8 Å². The van der Waals surface area contributed by atoms with Crippen molar-refractivity contribution < 1.29 is 4.79 Å². The normalized spacial score (nSPS) is 9.39. The van der Waals surface area contributed by atoms with Gasteiger partial charge >= 0.3 is 0 Å². The average Bonchev–Trinajstić information content (AvgIpc) is 2.42. The minimum atomic E-state index is 0.674. The van der Waals surface area contributed by atoms with Gasteiger partial charge in [0.25, 0.3) is 0 Å². The van der Waals surface area contributed by atoms with Crippen LogP contribution in [0.4, 0.5) is 0 Å². The van der Waals surface area contributed by atoms with Crippen molar-refractivity contribution in [2.24, 2.45) is 0 Å². The van der Waals surface area contributed by atoms with E-state index >= 15 is 0 Å². The lowest BCUT2D eigenvalue weighted by Crippen LogP contribution is -1.82. The molecule has 0 fully saturated rings. The largest absolute Gasteiger partial charge is 0.298 e. The Kier molecular flexibility index (Phi) is 4.33. The lowest BCUT2D eigenvalue weighted by atomic mass is 10.1. The van der Waals surface area contributed by atoms with Crippen LogP contribution in [0.25, 0.3) is 0 Å². The molecule has 0 N–H and O–H groups in total. The van der Waals surface area contributed by atoms with Crippen LogP contribution in [0.15, 0.2) is 53.0 Å². The van der Waals surface area contributed by atoms with E-state index in [1.165, 1.54) is 5.56 Å². The summed E-state index contributed by atoms with van der Waals surface area (Å²) in [6.45, 7) is 0. The molecule has 2 rings (SSSR count). The molecule has 0 bridgehead atoms. The molecular formula is C16H11BrO. The quantitative estimate of drug-likeness (QED) is 0.608. The Morgan fingerprint density at radius 1 is 1.00 bits per heavy atom. The molecule has 0 unspecified atom stereocenters. The minimum absolute atomic E-state index is 0.674. The summed E-state index contributed by atoms with van der Waals surface area (Å²) in [5.41, 5.74) is 2.79. The highest BCUT2D eigenvalue weighted by Crippen LogP contribution is 2.10. The first-order valence-electron chi connectivity index (χ1n) is 5.56. The Morgan fingerprint density at radius 3 is 2.28 bits per heavy atom. The summed E-state index contributed by atoms with van der Waals surface area (Å²) in [6, 6.07) is 15.4. The number of rotatable bonds is 2. The van der Waals surface area contributed by atoms with Crippen molar-refractivity contribution in [2.45, 2.75) is 6.42 Å². The van der Waals surface area contributed by atoms with Crippen LogP contribution in [0.1, 0.15) is 21.5 Å². The molecule has 2 aromatic rings. The molecule has 0 amide bonds. The van der Waals surface area contributed by atoms with E-state index in [0.29, 0.717) is 5.56 Å². The third kappa shape index (κ3) is 3.58. The highest BCUT2D eigenvalue weighted by atomic mass is 79.9. The van der Waals surface area contributed by atoms with Gasteiger partial charge in [-0.05, 0) is 29.8 Å². The standard InChI is InChI=1S/C16H11BrO/c17-16-10-8-14(9-11-16)3-1-2-13-4-6-15(12-18)7-5-13/h4-12H,3H2. The van der Waals surface area contributed by atoms with Gasteiger partial charge in [0.2, 0.25) is 0 Å². The lowest BCUT2D eigenvalue weighted by molar-refractivity contribution is 0.112. The van der Waals surface area contributed by atoms with E-state index in [9.17, 15) is 4.79 Å². The van der Waals surface area contributed by atoms with Crippen LogP contribution in [0, 0.1) is 11.8 Å². The van der Waals surface area contributed by atoms with Gasteiger partial charge in [-0.3, -0.25) is 4.79 Å². The van der Waals surface area contributed by atoms with Crippen LogP contribution in [0.5, 0.6) is 0 Å². The maximum Gasteiger partial charge on any atom is 0.150 e. The van der Waals surface area contributed by atoms with Gasteiger partial charge in [0.05, 0.1) is 0 Å². The first-order chi connectivity index (χ1) is 8.78. The maximum absolute atomic E-state index is 10.5. The first-order valence-corrected chi connectivity index (χ1v) is 6.36. The molecule has 2 aromatic carbocycles. The molecule has 0 aliphatic carbocycles. The molecule has 88 valence electrons. The second-order valence-electron chi connectivity index (χ2n) is 3.84. The van der Waals surface area contributed by atoms with E-state index in [4.69, 9.17) is 0 Å². The summed E-state index contributed by atoms with van der Waals surface area (Å²) in [5.74, 6) is 6.20. The van der Waals surface area contributed by atoms with E-state index in [1.54, 1.807) is 12.1 Å².